The first-order chi connectivity index (χ1) is 17.5. The first-order valence-corrected chi connectivity index (χ1v) is 11.9. The Bertz CT molecular complexity index is 1260. The van der Waals surface area contributed by atoms with Crippen molar-refractivity contribution in [2.24, 2.45) is 0 Å². The molecule has 1 aliphatic heterocycles. The molecule has 7 heteroatoms. The zero-order valence-corrected chi connectivity index (χ0v) is 20.7. The van der Waals surface area contributed by atoms with Gasteiger partial charge in [-0.1, -0.05) is 36.4 Å². The zero-order chi connectivity index (χ0) is 25.5. The number of carbonyl (C=O) groups is 2. The van der Waals surface area contributed by atoms with Gasteiger partial charge in [-0.25, -0.2) is 0 Å². The fourth-order valence-electron chi connectivity index (χ4n) is 4.11. The number of nitrogens with one attached hydrogen (secondary N) is 1. The van der Waals surface area contributed by atoms with Gasteiger partial charge in [-0.3, -0.25) is 9.59 Å². The fourth-order valence-corrected chi connectivity index (χ4v) is 4.11. The highest BCUT2D eigenvalue weighted by atomic mass is 16.5. The quantitative estimate of drug-likeness (QED) is 0.426. The van der Waals surface area contributed by atoms with E-state index in [0.717, 1.165) is 18.4 Å². The summed E-state index contributed by atoms with van der Waals surface area (Å²) in [6.45, 7) is 2.31. The minimum atomic E-state index is -0.556. The van der Waals surface area contributed by atoms with Crippen molar-refractivity contribution in [3.63, 3.8) is 0 Å². The van der Waals surface area contributed by atoms with E-state index in [1.807, 2.05) is 24.3 Å². The molecule has 1 heterocycles. The highest BCUT2D eigenvalue weighted by Crippen LogP contribution is 2.36. The molecule has 0 saturated heterocycles. The Hall–Kier alpha value is -4.26. The number of nitrogens with zero attached hydrogens (tertiary/aromatic N) is 1. The molecule has 0 bridgehead atoms. The van der Waals surface area contributed by atoms with Crippen LogP contribution in [-0.2, 0) is 16.0 Å². The molecule has 0 fully saturated rings. The molecule has 186 valence electrons. The minimum absolute atomic E-state index is 0.0904. The van der Waals surface area contributed by atoms with Crippen LogP contribution in [0.2, 0.25) is 0 Å². The van der Waals surface area contributed by atoms with Crippen LogP contribution >= 0.6 is 0 Å². The second kappa shape index (κ2) is 11.4. The Morgan fingerprint density at radius 3 is 2.56 bits per heavy atom. The van der Waals surface area contributed by atoms with E-state index in [4.69, 9.17) is 14.2 Å². The van der Waals surface area contributed by atoms with E-state index in [-0.39, 0.29) is 11.8 Å². The molecule has 3 aromatic rings. The summed E-state index contributed by atoms with van der Waals surface area (Å²) in [7, 11) is 3.14. The van der Waals surface area contributed by atoms with Crippen LogP contribution in [-0.4, -0.2) is 38.7 Å². The smallest absolute Gasteiger partial charge is 0.267 e. The molecular formula is C29H30N2O5. The lowest BCUT2D eigenvalue weighted by Crippen LogP contribution is -2.45. The largest absolute Gasteiger partial charge is 0.493 e. The van der Waals surface area contributed by atoms with E-state index < -0.39 is 6.10 Å². The number of aryl methyl sites for hydroxylation is 1. The number of methoxy groups -OCH3 is 2. The third kappa shape index (κ3) is 5.86. The molecule has 1 N–H and O–H groups in total. The maximum Gasteiger partial charge on any atom is 0.267 e. The molecule has 0 saturated carbocycles. The normalized spacial score (nSPS) is 14.8. The maximum absolute atomic E-state index is 12.9. The monoisotopic (exact) mass is 486 g/mol. The van der Waals surface area contributed by atoms with Crippen LogP contribution in [0.25, 0.3) is 6.08 Å². The standard InChI is InChI=1S/C29H30N2O5/c1-20-29(33)31(17-7-10-21-8-5-4-6-9-21)24-19-23(13-15-25(24)36-20)30-28(32)16-12-22-11-14-26(34-2)27(18-22)35-3/h4-6,8-9,11-16,18-20H,7,10,17H2,1-3H3,(H,30,32)/b16-12+. The van der Waals surface area contributed by atoms with Crippen molar-refractivity contribution in [1.82, 2.24) is 0 Å². The molecular weight excluding hydrogens is 456 g/mol. The SMILES string of the molecule is COc1ccc(/C=C/C(=O)Nc2ccc3c(c2)N(CCCc2ccccc2)C(=O)C(C)O3)cc1OC. The molecule has 2 amide bonds. The number of hydrogen-bond acceptors (Lipinski definition) is 5. The molecule has 7 nitrogen and oxygen atoms in total. The third-order valence-corrected chi connectivity index (χ3v) is 5.96. The van der Waals surface area contributed by atoms with Crippen molar-refractivity contribution in [2.45, 2.75) is 25.9 Å². The summed E-state index contributed by atoms with van der Waals surface area (Å²) >= 11 is 0. The van der Waals surface area contributed by atoms with Gasteiger partial charge in [-0.15, -0.1) is 0 Å². The lowest BCUT2D eigenvalue weighted by Gasteiger charge is -2.33. The molecule has 0 radical (unpaired) electrons. The highest BCUT2D eigenvalue weighted by molar-refractivity contribution is 6.04. The van der Waals surface area contributed by atoms with Crippen LogP contribution < -0.4 is 24.4 Å². The molecule has 0 spiro atoms. The van der Waals surface area contributed by atoms with Gasteiger partial charge < -0.3 is 24.4 Å². The van der Waals surface area contributed by atoms with E-state index in [1.165, 1.54) is 11.6 Å². The van der Waals surface area contributed by atoms with Crippen LogP contribution in [0.3, 0.4) is 0 Å². The van der Waals surface area contributed by atoms with Gasteiger partial charge in [0.2, 0.25) is 5.91 Å². The molecule has 1 aliphatic rings. The number of carbonyl (C=O) groups excluding carboxylic acids is 2. The average Bonchev–Trinajstić information content (AvgIpc) is 2.90. The summed E-state index contributed by atoms with van der Waals surface area (Å²) in [5, 5.41) is 2.87. The van der Waals surface area contributed by atoms with E-state index in [9.17, 15) is 9.59 Å². The zero-order valence-electron chi connectivity index (χ0n) is 20.7. The number of anilines is 2. The molecule has 0 aliphatic carbocycles. The summed E-state index contributed by atoms with van der Waals surface area (Å²) in [4.78, 5) is 27.2. The van der Waals surface area contributed by atoms with Gasteiger partial charge in [0.15, 0.2) is 17.6 Å². The summed E-state index contributed by atoms with van der Waals surface area (Å²) in [5.74, 6) is 1.44. The van der Waals surface area contributed by atoms with Gasteiger partial charge >= 0.3 is 0 Å². The Labute approximate surface area is 211 Å². The van der Waals surface area contributed by atoms with Crippen LogP contribution in [0.1, 0.15) is 24.5 Å². The van der Waals surface area contributed by atoms with Gasteiger partial charge in [0.25, 0.3) is 5.91 Å². The molecule has 1 unspecified atom stereocenters. The lowest BCUT2D eigenvalue weighted by molar-refractivity contribution is -0.125. The number of amides is 2. The summed E-state index contributed by atoms with van der Waals surface area (Å²) in [6.07, 6.45) is 4.26. The Morgan fingerprint density at radius 2 is 1.81 bits per heavy atom. The van der Waals surface area contributed by atoms with Gasteiger partial charge in [0.05, 0.1) is 19.9 Å². The van der Waals surface area contributed by atoms with E-state index in [2.05, 4.69) is 17.4 Å². The Balaban J connectivity index is 1.45. The number of fused-ring (bicyclic) bond motifs is 1. The van der Waals surface area contributed by atoms with Crippen LogP contribution in [0, 0.1) is 0 Å². The third-order valence-electron chi connectivity index (χ3n) is 5.96. The van der Waals surface area contributed by atoms with Crippen molar-refractivity contribution in [3.8, 4) is 17.2 Å². The molecule has 0 aromatic heterocycles. The number of rotatable bonds is 9. The first kappa shape index (κ1) is 24.9. The topological polar surface area (TPSA) is 77.1 Å². The second-order valence-electron chi connectivity index (χ2n) is 8.46. The Morgan fingerprint density at radius 1 is 1.03 bits per heavy atom. The average molecular weight is 487 g/mol. The van der Waals surface area contributed by atoms with Crippen LogP contribution in [0.5, 0.6) is 17.2 Å². The lowest BCUT2D eigenvalue weighted by atomic mass is 10.1. The van der Waals surface area contributed by atoms with Gasteiger partial charge in [-0.05, 0) is 67.3 Å². The predicted molar refractivity (Wildman–Crippen MR) is 141 cm³/mol. The second-order valence-corrected chi connectivity index (χ2v) is 8.46. The van der Waals surface area contributed by atoms with Gasteiger partial charge in [-0.2, -0.15) is 0 Å². The van der Waals surface area contributed by atoms with Crippen molar-refractivity contribution >= 4 is 29.3 Å². The minimum Gasteiger partial charge on any atom is -0.493 e. The molecule has 1 atom stereocenters. The van der Waals surface area contributed by atoms with Crippen LogP contribution in [0.15, 0.2) is 72.8 Å². The molecule has 36 heavy (non-hydrogen) atoms. The summed E-state index contributed by atoms with van der Waals surface area (Å²) < 4.78 is 16.4. The molecule has 3 aromatic carbocycles. The Kier molecular flexibility index (Phi) is 7.90. The van der Waals surface area contributed by atoms with Gasteiger partial charge in [0, 0.05) is 18.3 Å². The van der Waals surface area contributed by atoms with E-state index >= 15 is 0 Å². The number of ether oxygens (including phenoxy) is 3. The number of benzene rings is 3. The summed E-state index contributed by atoms with van der Waals surface area (Å²) in [6, 6.07) is 20.9. The highest BCUT2D eigenvalue weighted by Gasteiger charge is 2.31. The van der Waals surface area contributed by atoms with E-state index in [0.29, 0.717) is 35.2 Å². The first-order valence-electron chi connectivity index (χ1n) is 11.9. The van der Waals surface area contributed by atoms with Crippen LogP contribution in [0.4, 0.5) is 11.4 Å². The fraction of sp³-hybridized carbons (Fsp3) is 0.241. The van der Waals surface area contributed by atoms with Crippen molar-refractivity contribution < 1.29 is 23.8 Å². The van der Waals surface area contributed by atoms with E-state index in [1.54, 1.807) is 62.5 Å². The van der Waals surface area contributed by atoms with Crippen molar-refractivity contribution in [1.29, 1.82) is 0 Å². The number of hydrogen-bond donors (Lipinski definition) is 1. The summed E-state index contributed by atoms with van der Waals surface area (Å²) in [5.41, 5.74) is 3.27. The van der Waals surface area contributed by atoms with Gasteiger partial charge in [0.1, 0.15) is 5.75 Å². The molecule has 4 rings (SSSR count). The van der Waals surface area contributed by atoms with Crippen molar-refractivity contribution in [2.75, 3.05) is 31.0 Å². The predicted octanol–water partition coefficient (Wildman–Crippen LogP) is 5.10. The van der Waals surface area contributed by atoms with Crippen molar-refractivity contribution in [3.05, 3.63) is 83.9 Å². The maximum atomic E-state index is 12.9.